The van der Waals surface area contributed by atoms with Gasteiger partial charge in [0.25, 0.3) is 0 Å². The van der Waals surface area contributed by atoms with Crippen molar-refractivity contribution >= 4 is 40.2 Å². The molecule has 0 fully saturated rings. The van der Waals surface area contributed by atoms with Crippen LogP contribution in [0.3, 0.4) is 0 Å². The number of benzene rings is 2. The van der Waals surface area contributed by atoms with Crippen LogP contribution in [0.15, 0.2) is 59.6 Å². The van der Waals surface area contributed by atoms with Gasteiger partial charge in [0.05, 0.1) is 12.6 Å². The van der Waals surface area contributed by atoms with Crippen molar-refractivity contribution < 1.29 is 4.79 Å². The first-order valence-electron chi connectivity index (χ1n) is 8.16. The van der Waals surface area contributed by atoms with E-state index in [4.69, 9.17) is 11.6 Å². The maximum atomic E-state index is 13.0. The molecule has 0 unspecified atom stereocenters. The lowest BCUT2D eigenvalue weighted by Crippen LogP contribution is -2.40. The van der Waals surface area contributed by atoms with Crippen molar-refractivity contribution in [1.29, 1.82) is 0 Å². The van der Waals surface area contributed by atoms with Gasteiger partial charge >= 0.3 is 6.03 Å². The summed E-state index contributed by atoms with van der Waals surface area (Å²) in [6, 6.07) is 16.8. The Kier molecular flexibility index (Phi) is 5.66. The minimum absolute atomic E-state index is 0.120. The largest absolute Gasteiger partial charge is 0.328 e. The van der Waals surface area contributed by atoms with Gasteiger partial charge in [-0.15, -0.1) is 0 Å². The third-order valence-electron chi connectivity index (χ3n) is 3.98. The fourth-order valence-electron chi connectivity index (χ4n) is 2.62. The lowest BCUT2D eigenvalue weighted by molar-refractivity contribution is 0.225. The predicted molar refractivity (Wildman–Crippen MR) is 107 cm³/mol. The molecule has 0 saturated carbocycles. The molecule has 6 heteroatoms. The second-order valence-corrected chi connectivity index (χ2v) is 7.79. The van der Waals surface area contributed by atoms with E-state index < -0.39 is 0 Å². The van der Waals surface area contributed by atoms with Gasteiger partial charge in [-0.25, -0.2) is 4.79 Å². The summed E-state index contributed by atoms with van der Waals surface area (Å²) in [5, 5.41) is 4.72. The average molecular weight is 374 g/mol. The first-order chi connectivity index (χ1) is 12.0. The molecule has 0 spiro atoms. The SMILES string of the molecule is C[C@@H]1CN=C(N(C(=O)Nc2ccc(Cl)cc2)[C@@H](C)c2ccccc2)S1. The molecule has 4 nitrogen and oxygen atoms in total. The summed E-state index contributed by atoms with van der Waals surface area (Å²) < 4.78 is 0. The topological polar surface area (TPSA) is 44.7 Å². The van der Waals surface area contributed by atoms with Crippen LogP contribution in [0.2, 0.25) is 5.02 Å². The number of aliphatic imine (C=N–C) groups is 1. The summed E-state index contributed by atoms with van der Waals surface area (Å²) in [4.78, 5) is 19.3. The summed E-state index contributed by atoms with van der Waals surface area (Å²) in [6.45, 7) is 4.86. The van der Waals surface area contributed by atoms with Gasteiger partial charge in [0.1, 0.15) is 0 Å². The van der Waals surface area contributed by atoms with Crippen molar-refractivity contribution in [2.75, 3.05) is 11.9 Å². The van der Waals surface area contributed by atoms with Crippen LogP contribution < -0.4 is 5.32 Å². The van der Waals surface area contributed by atoms with Crippen LogP contribution in [0.1, 0.15) is 25.5 Å². The number of carbonyl (C=O) groups is 1. The maximum Gasteiger partial charge on any atom is 0.328 e. The molecule has 3 rings (SSSR count). The van der Waals surface area contributed by atoms with Crippen molar-refractivity contribution in [1.82, 2.24) is 4.90 Å². The van der Waals surface area contributed by atoms with Gasteiger partial charge in [-0.2, -0.15) is 0 Å². The molecule has 1 aliphatic heterocycles. The minimum Gasteiger partial charge on any atom is -0.307 e. The zero-order chi connectivity index (χ0) is 17.8. The maximum absolute atomic E-state index is 13.0. The zero-order valence-corrected chi connectivity index (χ0v) is 15.7. The van der Waals surface area contributed by atoms with E-state index in [-0.39, 0.29) is 12.1 Å². The van der Waals surface area contributed by atoms with E-state index in [1.54, 1.807) is 40.9 Å². The van der Waals surface area contributed by atoms with Crippen LogP contribution in [-0.4, -0.2) is 27.9 Å². The highest BCUT2D eigenvalue weighted by molar-refractivity contribution is 8.14. The Morgan fingerprint density at radius 2 is 1.92 bits per heavy atom. The smallest absolute Gasteiger partial charge is 0.307 e. The zero-order valence-electron chi connectivity index (χ0n) is 14.1. The molecule has 1 heterocycles. The number of thioether (sulfide) groups is 1. The third kappa shape index (κ3) is 4.35. The van der Waals surface area contributed by atoms with Crippen molar-refractivity contribution in [3.8, 4) is 0 Å². The number of anilines is 1. The Morgan fingerprint density at radius 3 is 2.52 bits per heavy atom. The lowest BCUT2D eigenvalue weighted by atomic mass is 10.1. The normalized spacial score (nSPS) is 17.7. The lowest BCUT2D eigenvalue weighted by Gasteiger charge is -2.29. The van der Waals surface area contributed by atoms with Gasteiger partial charge in [-0.05, 0) is 36.8 Å². The standard InChI is InChI=1S/C19H20ClN3OS/c1-13-12-21-19(25-13)23(14(2)15-6-4-3-5-7-15)18(24)22-17-10-8-16(20)9-11-17/h3-11,13-14H,12H2,1-2H3,(H,22,24)/t13-,14+/m1/s1. The summed E-state index contributed by atoms with van der Waals surface area (Å²) in [5.41, 5.74) is 1.77. The predicted octanol–water partition coefficient (Wildman–Crippen LogP) is 5.43. The van der Waals surface area contributed by atoms with Crippen molar-refractivity contribution in [2.45, 2.75) is 25.1 Å². The van der Waals surface area contributed by atoms with Crippen LogP contribution >= 0.6 is 23.4 Å². The van der Waals surface area contributed by atoms with E-state index in [0.717, 1.165) is 17.3 Å². The molecule has 2 atom stereocenters. The number of hydrogen-bond acceptors (Lipinski definition) is 3. The van der Waals surface area contributed by atoms with E-state index in [2.05, 4.69) is 17.2 Å². The molecule has 25 heavy (non-hydrogen) atoms. The van der Waals surface area contributed by atoms with Gasteiger partial charge in [0.2, 0.25) is 0 Å². The van der Waals surface area contributed by atoms with Crippen LogP contribution in [0.25, 0.3) is 0 Å². The Morgan fingerprint density at radius 1 is 1.24 bits per heavy atom. The quantitative estimate of drug-likeness (QED) is 0.779. The van der Waals surface area contributed by atoms with Crippen molar-refractivity contribution in [3.05, 3.63) is 65.2 Å². The average Bonchev–Trinajstić information content (AvgIpc) is 3.04. The number of amides is 2. The van der Waals surface area contributed by atoms with Crippen LogP contribution in [0.5, 0.6) is 0 Å². The highest BCUT2D eigenvalue weighted by Crippen LogP contribution is 2.30. The highest BCUT2D eigenvalue weighted by atomic mass is 35.5. The number of urea groups is 1. The molecular formula is C19H20ClN3OS. The second kappa shape index (κ2) is 7.93. The third-order valence-corrected chi connectivity index (χ3v) is 5.32. The van der Waals surface area contributed by atoms with E-state index in [1.165, 1.54) is 0 Å². The molecule has 2 amide bonds. The van der Waals surface area contributed by atoms with E-state index in [9.17, 15) is 4.79 Å². The van der Waals surface area contributed by atoms with Crippen molar-refractivity contribution in [3.63, 3.8) is 0 Å². The monoisotopic (exact) mass is 373 g/mol. The Hall–Kier alpha value is -1.98. The Bertz CT molecular complexity index is 764. The molecule has 0 aromatic heterocycles. The first kappa shape index (κ1) is 17.8. The second-order valence-electron chi connectivity index (χ2n) is 5.95. The molecular weight excluding hydrogens is 354 g/mol. The molecule has 0 saturated heterocycles. The van der Waals surface area contributed by atoms with Gasteiger partial charge in [0, 0.05) is 16.0 Å². The number of nitrogens with one attached hydrogen (secondary N) is 1. The summed E-state index contributed by atoms with van der Waals surface area (Å²) in [6.07, 6.45) is 0. The summed E-state index contributed by atoms with van der Waals surface area (Å²) in [5.74, 6) is 0. The van der Waals surface area contributed by atoms with Crippen LogP contribution in [0.4, 0.5) is 10.5 Å². The number of carbonyl (C=O) groups excluding carboxylic acids is 1. The molecule has 0 radical (unpaired) electrons. The first-order valence-corrected chi connectivity index (χ1v) is 9.42. The van der Waals surface area contributed by atoms with E-state index >= 15 is 0 Å². The number of rotatable bonds is 3. The van der Waals surface area contributed by atoms with Crippen LogP contribution in [-0.2, 0) is 0 Å². The number of nitrogens with zero attached hydrogens (tertiary/aromatic N) is 2. The van der Waals surface area contributed by atoms with Crippen LogP contribution in [0, 0.1) is 0 Å². The molecule has 1 aliphatic rings. The van der Waals surface area contributed by atoms with E-state index in [1.807, 2.05) is 37.3 Å². The number of hydrogen-bond donors (Lipinski definition) is 1. The minimum atomic E-state index is -0.195. The van der Waals surface area contributed by atoms with Gasteiger partial charge in [-0.1, -0.05) is 60.6 Å². The van der Waals surface area contributed by atoms with Crippen molar-refractivity contribution in [2.24, 2.45) is 4.99 Å². The molecule has 0 bridgehead atoms. The molecule has 0 aliphatic carbocycles. The molecule has 1 N–H and O–H groups in total. The number of amidine groups is 1. The Balaban J connectivity index is 1.85. The van der Waals surface area contributed by atoms with Gasteiger partial charge in [-0.3, -0.25) is 9.89 Å². The van der Waals surface area contributed by atoms with Gasteiger partial charge < -0.3 is 5.32 Å². The molecule has 130 valence electrons. The highest BCUT2D eigenvalue weighted by Gasteiger charge is 2.30. The molecule has 2 aromatic rings. The summed E-state index contributed by atoms with van der Waals surface area (Å²) >= 11 is 7.55. The summed E-state index contributed by atoms with van der Waals surface area (Å²) in [7, 11) is 0. The fourth-order valence-corrected chi connectivity index (χ4v) is 3.76. The van der Waals surface area contributed by atoms with E-state index in [0.29, 0.717) is 16.0 Å². The Labute approximate surface area is 157 Å². The fraction of sp³-hybridized carbons (Fsp3) is 0.263. The van der Waals surface area contributed by atoms with Gasteiger partial charge in [0.15, 0.2) is 5.17 Å². The number of halogens is 1. The molecule has 2 aromatic carbocycles.